The van der Waals surface area contributed by atoms with Gasteiger partial charge in [0.05, 0.1) is 0 Å². The molecule has 1 aromatic heterocycles. The molecule has 0 saturated heterocycles. The first-order valence-electron chi connectivity index (χ1n) is 8.14. The average molecular weight is 353 g/mol. The number of hydrogen-bond donors (Lipinski definition) is 1. The molecule has 2 aliphatic carbocycles. The zero-order chi connectivity index (χ0) is 14.8. The summed E-state index contributed by atoms with van der Waals surface area (Å²) in [5, 5.41) is 3.55. The molecule has 1 heterocycles. The Hall–Kier alpha value is -0.610. The Morgan fingerprint density at radius 1 is 1.24 bits per heavy atom. The largest absolute Gasteiger partial charge is 0.474 e. The fourth-order valence-corrected chi connectivity index (χ4v) is 3.75. The molecule has 4 heteroatoms. The molecule has 116 valence electrons. The Bertz CT molecular complexity index is 480. The zero-order valence-corrected chi connectivity index (χ0v) is 14.5. The molecule has 0 spiro atoms. The Morgan fingerprint density at radius 2 is 1.95 bits per heavy atom. The van der Waals surface area contributed by atoms with Gasteiger partial charge in [0, 0.05) is 28.8 Å². The number of pyridine rings is 1. The molecule has 2 saturated carbocycles. The standard InChI is InChI=1S/C17H25BrN2O/c1-11-5-12(2)7-16(6-11)21-17-13(8-14(18)10-20-17)9-19-15-3-4-15/h8,10-12,15-16,19H,3-7,9H2,1-2H3. The lowest BCUT2D eigenvalue weighted by Crippen LogP contribution is -2.29. The van der Waals surface area contributed by atoms with E-state index in [0.29, 0.717) is 12.1 Å². The summed E-state index contributed by atoms with van der Waals surface area (Å²) in [6.07, 6.45) is 8.38. The van der Waals surface area contributed by atoms with Crippen LogP contribution < -0.4 is 10.1 Å². The van der Waals surface area contributed by atoms with Gasteiger partial charge in [-0.2, -0.15) is 0 Å². The third-order valence-corrected chi connectivity index (χ3v) is 4.90. The second-order valence-electron chi connectivity index (χ2n) is 6.93. The van der Waals surface area contributed by atoms with Crippen LogP contribution in [0.5, 0.6) is 5.88 Å². The van der Waals surface area contributed by atoms with Gasteiger partial charge in [-0.3, -0.25) is 0 Å². The van der Waals surface area contributed by atoms with Crippen molar-refractivity contribution in [2.75, 3.05) is 0 Å². The van der Waals surface area contributed by atoms with Gasteiger partial charge >= 0.3 is 0 Å². The second-order valence-corrected chi connectivity index (χ2v) is 7.85. The first-order valence-corrected chi connectivity index (χ1v) is 8.94. The van der Waals surface area contributed by atoms with Gasteiger partial charge in [0.15, 0.2) is 0 Å². The highest BCUT2D eigenvalue weighted by Gasteiger charge is 2.26. The van der Waals surface area contributed by atoms with Crippen LogP contribution >= 0.6 is 15.9 Å². The predicted octanol–water partition coefficient (Wildman–Crippen LogP) is 4.30. The van der Waals surface area contributed by atoms with E-state index < -0.39 is 0 Å². The number of nitrogens with one attached hydrogen (secondary N) is 1. The molecule has 21 heavy (non-hydrogen) atoms. The minimum atomic E-state index is 0.317. The summed E-state index contributed by atoms with van der Waals surface area (Å²) in [6.45, 7) is 5.51. The van der Waals surface area contributed by atoms with Gasteiger partial charge in [-0.25, -0.2) is 4.98 Å². The molecule has 3 nitrogen and oxygen atoms in total. The lowest BCUT2D eigenvalue weighted by Gasteiger charge is -2.31. The van der Waals surface area contributed by atoms with E-state index in [1.165, 1.54) is 24.8 Å². The zero-order valence-electron chi connectivity index (χ0n) is 12.9. The topological polar surface area (TPSA) is 34.1 Å². The molecule has 1 N–H and O–H groups in total. The molecular weight excluding hydrogens is 328 g/mol. The van der Waals surface area contributed by atoms with Gasteiger partial charge in [0.1, 0.15) is 6.10 Å². The molecule has 0 amide bonds. The first-order chi connectivity index (χ1) is 10.1. The SMILES string of the molecule is CC1CC(C)CC(Oc2ncc(Br)cc2CNC2CC2)C1. The van der Waals surface area contributed by atoms with Crippen LogP contribution in [0.3, 0.4) is 0 Å². The Morgan fingerprint density at radius 3 is 2.62 bits per heavy atom. The monoisotopic (exact) mass is 352 g/mol. The summed E-state index contributed by atoms with van der Waals surface area (Å²) in [5.74, 6) is 2.32. The smallest absolute Gasteiger partial charge is 0.218 e. The van der Waals surface area contributed by atoms with Crippen molar-refractivity contribution in [3.05, 3.63) is 22.3 Å². The second kappa shape index (κ2) is 6.66. The summed E-state index contributed by atoms with van der Waals surface area (Å²) < 4.78 is 7.28. The lowest BCUT2D eigenvalue weighted by molar-refractivity contribution is 0.0955. The molecule has 1 aromatic rings. The van der Waals surface area contributed by atoms with Crippen LogP contribution in [0.2, 0.25) is 0 Å². The summed E-state index contributed by atoms with van der Waals surface area (Å²) in [7, 11) is 0. The Labute approximate surface area is 136 Å². The molecular formula is C17H25BrN2O. The van der Waals surface area contributed by atoms with E-state index >= 15 is 0 Å². The molecule has 0 bridgehead atoms. The fraction of sp³-hybridized carbons (Fsp3) is 0.706. The van der Waals surface area contributed by atoms with Crippen molar-refractivity contribution >= 4 is 15.9 Å². The summed E-state index contributed by atoms with van der Waals surface area (Å²) >= 11 is 3.52. The van der Waals surface area contributed by atoms with E-state index in [-0.39, 0.29) is 0 Å². The molecule has 2 atom stereocenters. The van der Waals surface area contributed by atoms with Crippen molar-refractivity contribution in [1.82, 2.24) is 10.3 Å². The highest BCUT2D eigenvalue weighted by molar-refractivity contribution is 9.10. The van der Waals surface area contributed by atoms with Gasteiger partial charge in [0.2, 0.25) is 5.88 Å². The first kappa shape index (κ1) is 15.3. The Balaban J connectivity index is 1.67. The fourth-order valence-electron chi connectivity index (χ4n) is 3.37. The van der Waals surface area contributed by atoms with Crippen LogP contribution in [0, 0.1) is 11.8 Å². The predicted molar refractivity (Wildman–Crippen MR) is 88.4 cm³/mol. The normalized spacial score (nSPS) is 29.4. The van der Waals surface area contributed by atoms with Crippen LogP contribution in [0.25, 0.3) is 0 Å². The number of halogens is 1. The highest BCUT2D eigenvalue weighted by Crippen LogP contribution is 2.32. The van der Waals surface area contributed by atoms with Crippen molar-refractivity contribution < 1.29 is 4.74 Å². The van der Waals surface area contributed by atoms with E-state index in [1.54, 1.807) is 0 Å². The summed E-state index contributed by atoms with van der Waals surface area (Å²) in [4.78, 5) is 4.51. The number of ether oxygens (including phenoxy) is 1. The minimum absolute atomic E-state index is 0.317. The molecule has 2 fully saturated rings. The Kier molecular flexibility index (Phi) is 4.85. The third-order valence-electron chi connectivity index (χ3n) is 4.46. The third kappa shape index (κ3) is 4.43. The van der Waals surface area contributed by atoms with Crippen molar-refractivity contribution in [3.8, 4) is 5.88 Å². The number of hydrogen-bond acceptors (Lipinski definition) is 3. The average Bonchev–Trinajstić information content (AvgIpc) is 3.22. The van der Waals surface area contributed by atoms with Crippen molar-refractivity contribution in [3.63, 3.8) is 0 Å². The molecule has 2 unspecified atom stereocenters. The summed E-state index contributed by atoms with van der Waals surface area (Å²) in [6, 6.07) is 2.83. The van der Waals surface area contributed by atoms with E-state index in [4.69, 9.17) is 4.74 Å². The van der Waals surface area contributed by atoms with Gasteiger partial charge in [-0.1, -0.05) is 13.8 Å². The number of aromatic nitrogens is 1. The van der Waals surface area contributed by atoms with Crippen LogP contribution in [0.4, 0.5) is 0 Å². The van der Waals surface area contributed by atoms with Gasteiger partial charge in [-0.05, 0) is 65.9 Å². The van der Waals surface area contributed by atoms with Gasteiger partial charge in [0.25, 0.3) is 0 Å². The van der Waals surface area contributed by atoms with Crippen LogP contribution in [-0.2, 0) is 6.54 Å². The quantitative estimate of drug-likeness (QED) is 0.857. The van der Waals surface area contributed by atoms with Gasteiger partial charge < -0.3 is 10.1 Å². The molecule has 2 aliphatic rings. The van der Waals surface area contributed by atoms with Crippen LogP contribution in [-0.4, -0.2) is 17.1 Å². The lowest BCUT2D eigenvalue weighted by atomic mass is 9.82. The van der Waals surface area contributed by atoms with E-state index in [9.17, 15) is 0 Å². The van der Waals surface area contributed by atoms with E-state index in [1.807, 2.05) is 6.20 Å². The molecule has 0 aromatic carbocycles. The molecule has 0 aliphatic heterocycles. The molecule has 0 radical (unpaired) electrons. The van der Waals surface area contributed by atoms with Crippen LogP contribution in [0.1, 0.15) is 51.5 Å². The maximum absolute atomic E-state index is 6.26. The van der Waals surface area contributed by atoms with Crippen molar-refractivity contribution in [2.45, 2.75) is 64.6 Å². The van der Waals surface area contributed by atoms with Crippen LogP contribution in [0.15, 0.2) is 16.7 Å². The summed E-state index contributed by atoms with van der Waals surface area (Å²) in [5.41, 5.74) is 1.17. The van der Waals surface area contributed by atoms with E-state index in [2.05, 4.69) is 46.1 Å². The van der Waals surface area contributed by atoms with Crippen molar-refractivity contribution in [2.24, 2.45) is 11.8 Å². The maximum Gasteiger partial charge on any atom is 0.218 e. The molecule has 3 rings (SSSR count). The minimum Gasteiger partial charge on any atom is -0.474 e. The van der Waals surface area contributed by atoms with Crippen molar-refractivity contribution in [1.29, 1.82) is 0 Å². The highest BCUT2D eigenvalue weighted by atomic mass is 79.9. The number of nitrogens with zero attached hydrogens (tertiary/aromatic N) is 1. The van der Waals surface area contributed by atoms with Gasteiger partial charge in [-0.15, -0.1) is 0 Å². The maximum atomic E-state index is 6.26. The number of rotatable bonds is 5. The van der Waals surface area contributed by atoms with E-state index in [0.717, 1.165) is 41.6 Å².